The van der Waals surface area contributed by atoms with Crippen LogP contribution < -0.4 is 5.32 Å². The third-order valence-electron chi connectivity index (χ3n) is 3.57. The van der Waals surface area contributed by atoms with Gasteiger partial charge in [-0.05, 0) is 37.1 Å². The van der Waals surface area contributed by atoms with E-state index in [-0.39, 0.29) is 6.04 Å². The lowest BCUT2D eigenvalue weighted by atomic mass is 10.0. The number of benzene rings is 1. The third-order valence-corrected chi connectivity index (χ3v) is 3.57. The third kappa shape index (κ3) is 3.14. The Morgan fingerprint density at radius 1 is 1.18 bits per heavy atom. The van der Waals surface area contributed by atoms with Crippen molar-refractivity contribution in [2.45, 2.75) is 19.9 Å². The molecule has 3 rings (SSSR count). The Bertz CT molecular complexity index is 778. The molecule has 1 aromatic carbocycles. The van der Waals surface area contributed by atoms with E-state index in [9.17, 15) is 0 Å². The molecule has 1 atom stereocenters. The first kappa shape index (κ1) is 14.3. The van der Waals surface area contributed by atoms with Crippen LogP contribution in [0.5, 0.6) is 0 Å². The van der Waals surface area contributed by atoms with Crippen LogP contribution in [0.4, 0.5) is 5.82 Å². The molecule has 5 nitrogen and oxygen atoms in total. The van der Waals surface area contributed by atoms with Crippen LogP contribution in [0, 0.1) is 6.92 Å². The Labute approximate surface area is 130 Å². The minimum Gasteiger partial charge on any atom is -0.363 e. The molecule has 0 fully saturated rings. The Balaban J connectivity index is 1.82. The number of hydrogen-bond acceptors (Lipinski definition) is 4. The smallest absolute Gasteiger partial charge is 0.130 e. The van der Waals surface area contributed by atoms with E-state index in [0.29, 0.717) is 0 Å². The van der Waals surface area contributed by atoms with E-state index in [1.807, 2.05) is 37.1 Å². The second kappa shape index (κ2) is 5.97. The lowest BCUT2D eigenvalue weighted by Crippen LogP contribution is -2.08. The Hall–Kier alpha value is -2.69. The van der Waals surface area contributed by atoms with Crippen molar-refractivity contribution in [1.82, 2.24) is 19.7 Å². The lowest BCUT2D eigenvalue weighted by Gasteiger charge is -2.16. The summed E-state index contributed by atoms with van der Waals surface area (Å²) in [6.45, 7) is 4.01. The molecule has 2 aromatic heterocycles. The zero-order valence-electron chi connectivity index (χ0n) is 13.0. The molecule has 0 amide bonds. The summed E-state index contributed by atoms with van der Waals surface area (Å²) in [5, 5.41) is 7.64. The molecule has 0 aliphatic rings. The van der Waals surface area contributed by atoms with Crippen molar-refractivity contribution < 1.29 is 0 Å². The Morgan fingerprint density at radius 3 is 2.77 bits per heavy atom. The van der Waals surface area contributed by atoms with E-state index < -0.39 is 0 Å². The van der Waals surface area contributed by atoms with Gasteiger partial charge in [0.15, 0.2) is 0 Å². The summed E-state index contributed by atoms with van der Waals surface area (Å²) < 4.78 is 1.81. The molecule has 2 heterocycles. The first-order valence-electron chi connectivity index (χ1n) is 7.27. The van der Waals surface area contributed by atoms with Gasteiger partial charge in [-0.3, -0.25) is 4.68 Å². The summed E-state index contributed by atoms with van der Waals surface area (Å²) in [6.07, 6.45) is 5.67. The van der Waals surface area contributed by atoms with Gasteiger partial charge in [-0.2, -0.15) is 5.10 Å². The number of aryl methyl sites for hydroxylation is 2. The maximum atomic E-state index is 4.39. The van der Waals surface area contributed by atoms with Crippen molar-refractivity contribution in [3.05, 3.63) is 60.3 Å². The van der Waals surface area contributed by atoms with Crippen LogP contribution in [0.2, 0.25) is 0 Å². The normalized spacial score (nSPS) is 12.1. The minimum absolute atomic E-state index is 0.158. The van der Waals surface area contributed by atoms with Crippen LogP contribution in [-0.2, 0) is 7.05 Å². The molecule has 1 unspecified atom stereocenters. The number of hydrogen-bond donors (Lipinski definition) is 1. The Morgan fingerprint density at radius 2 is 2.05 bits per heavy atom. The van der Waals surface area contributed by atoms with Crippen molar-refractivity contribution in [3.63, 3.8) is 0 Å². The molecule has 0 saturated heterocycles. The van der Waals surface area contributed by atoms with E-state index in [2.05, 4.69) is 51.6 Å². The second-order valence-electron chi connectivity index (χ2n) is 5.38. The van der Waals surface area contributed by atoms with E-state index >= 15 is 0 Å². The highest BCUT2D eigenvalue weighted by molar-refractivity contribution is 5.63. The first-order valence-corrected chi connectivity index (χ1v) is 7.27. The highest BCUT2D eigenvalue weighted by atomic mass is 15.2. The fourth-order valence-electron chi connectivity index (χ4n) is 2.40. The van der Waals surface area contributed by atoms with Gasteiger partial charge in [-0.15, -0.1) is 0 Å². The van der Waals surface area contributed by atoms with Crippen LogP contribution in [0.3, 0.4) is 0 Å². The zero-order chi connectivity index (χ0) is 15.5. The number of aromatic nitrogens is 4. The van der Waals surface area contributed by atoms with Gasteiger partial charge in [-0.1, -0.05) is 18.2 Å². The lowest BCUT2D eigenvalue weighted by molar-refractivity contribution is 0.768. The van der Waals surface area contributed by atoms with Crippen molar-refractivity contribution >= 4 is 5.82 Å². The summed E-state index contributed by atoms with van der Waals surface area (Å²) in [7, 11) is 1.93. The summed E-state index contributed by atoms with van der Waals surface area (Å²) in [5.74, 6) is 1.60. The summed E-state index contributed by atoms with van der Waals surface area (Å²) in [4.78, 5) is 8.50. The molecule has 0 aliphatic carbocycles. The number of nitrogens with zero attached hydrogens (tertiary/aromatic N) is 4. The van der Waals surface area contributed by atoms with Crippen molar-refractivity contribution in [2.24, 2.45) is 7.05 Å². The van der Waals surface area contributed by atoms with Gasteiger partial charge >= 0.3 is 0 Å². The SMILES string of the molecule is Cc1nccc(NC(C)c2cccc(-c3cnn(C)c3)c2)n1. The van der Waals surface area contributed by atoms with Crippen LogP contribution in [0.15, 0.2) is 48.9 Å². The molecule has 0 saturated carbocycles. The van der Waals surface area contributed by atoms with E-state index in [0.717, 1.165) is 22.8 Å². The minimum atomic E-state index is 0.158. The fraction of sp³-hybridized carbons (Fsp3) is 0.235. The standard InChI is InChI=1S/C17H19N5/c1-12(20-17-7-8-18-13(2)21-17)14-5-4-6-15(9-14)16-10-19-22(3)11-16/h4-12H,1-3H3,(H,18,20,21). The molecule has 1 N–H and O–H groups in total. The van der Waals surface area contributed by atoms with E-state index in [1.54, 1.807) is 6.20 Å². The molecule has 3 aromatic rings. The van der Waals surface area contributed by atoms with Gasteiger partial charge in [0.25, 0.3) is 0 Å². The number of nitrogens with one attached hydrogen (secondary N) is 1. The topological polar surface area (TPSA) is 55.6 Å². The van der Waals surface area contributed by atoms with Gasteiger partial charge in [0.1, 0.15) is 11.6 Å². The number of rotatable bonds is 4. The maximum absolute atomic E-state index is 4.39. The van der Waals surface area contributed by atoms with E-state index in [1.165, 1.54) is 5.56 Å². The fourth-order valence-corrected chi connectivity index (χ4v) is 2.40. The van der Waals surface area contributed by atoms with Gasteiger partial charge in [-0.25, -0.2) is 9.97 Å². The monoisotopic (exact) mass is 293 g/mol. The first-order chi connectivity index (χ1) is 10.6. The molecular formula is C17H19N5. The van der Waals surface area contributed by atoms with Crippen LogP contribution in [0.1, 0.15) is 24.4 Å². The predicted octanol–water partition coefficient (Wildman–Crippen LogP) is 3.36. The average Bonchev–Trinajstić information content (AvgIpc) is 2.94. The summed E-state index contributed by atoms with van der Waals surface area (Å²) in [6, 6.07) is 10.5. The zero-order valence-corrected chi connectivity index (χ0v) is 13.0. The number of anilines is 1. The molecule has 22 heavy (non-hydrogen) atoms. The van der Waals surface area contributed by atoms with Crippen LogP contribution in [-0.4, -0.2) is 19.7 Å². The molecule has 0 radical (unpaired) electrons. The second-order valence-corrected chi connectivity index (χ2v) is 5.38. The van der Waals surface area contributed by atoms with Gasteiger partial charge < -0.3 is 5.32 Å². The molecule has 0 aliphatic heterocycles. The summed E-state index contributed by atoms with van der Waals surface area (Å²) >= 11 is 0. The van der Waals surface area contributed by atoms with Crippen molar-refractivity contribution in [2.75, 3.05) is 5.32 Å². The van der Waals surface area contributed by atoms with Gasteiger partial charge in [0.05, 0.1) is 6.20 Å². The van der Waals surface area contributed by atoms with E-state index in [4.69, 9.17) is 0 Å². The Kier molecular flexibility index (Phi) is 3.87. The molecule has 5 heteroatoms. The van der Waals surface area contributed by atoms with Crippen molar-refractivity contribution in [1.29, 1.82) is 0 Å². The largest absolute Gasteiger partial charge is 0.363 e. The van der Waals surface area contributed by atoms with Crippen LogP contribution >= 0.6 is 0 Å². The average molecular weight is 293 g/mol. The molecule has 0 spiro atoms. The highest BCUT2D eigenvalue weighted by Crippen LogP contribution is 2.24. The van der Waals surface area contributed by atoms with Crippen molar-refractivity contribution in [3.8, 4) is 11.1 Å². The highest BCUT2D eigenvalue weighted by Gasteiger charge is 2.08. The maximum Gasteiger partial charge on any atom is 0.130 e. The molecular weight excluding hydrogens is 274 g/mol. The summed E-state index contributed by atoms with van der Waals surface area (Å²) in [5.41, 5.74) is 3.49. The predicted molar refractivity (Wildman–Crippen MR) is 87.5 cm³/mol. The quantitative estimate of drug-likeness (QED) is 0.801. The molecule has 112 valence electrons. The molecule has 0 bridgehead atoms. The van der Waals surface area contributed by atoms with Gasteiger partial charge in [0, 0.05) is 31.0 Å². The van der Waals surface area contributed by atoms with Gasteiger partial charge in [0.2, 0.25) is 0 Å². The van der Waals surface area contributed by atoms with Crippen LogP contribution in [0.25, 0.3) is 11.1 Å².